The molecule has 1 heterocycles. The molecule has 0 aliphatic heterocycles. The third-order valence-corrected chi connectivity index (χ3v) is 4.80. The van der Waals surface area contributed by atoms with Crippen LogP contribution in [-0.4, -0.2) is 25.2 Å². The van der Waals surface area contributed by atoms with E-state index in [1.807, 2.05) is 0 Å². The second-order valence-corrected chi connectivity index (χ2v) is 6.68. The molecule has 0 unspecified atom stereocenters. The molecular weight excluding hydrogens is 383 g/mol. The number of aliphatic hydroxyl groups excluding tert-OH is 1. The maximum Gasteiger partial charge on any atom is 0.180 e. The van der Waals surface area contributed by atoms with Crippen molar-refractivity contribution in [3.05, 3.63) is 71.0 Å². The number of nitrogens with zero attached hydrogens (tertiary/aromatic N) is 3. The first-order chi connectivity index (χ1) is 13.8. The number of hydrogen-bond donors (Lipinski definition) is 2. The van der Waals surface area contributed by atoms with Crippen molar-refractivity contribution in [1.82, 2.24) is 15.0 Å². The molecule has 5 nitrogen and oxygen atoms in total. The smallest absolute Gasteiger partial charge is 0.180 e. The van der Waals surface area contributed by atoms with Gasteiger partial charge in [-0.15, -0.1) is 0 Å². The summed E-state index contributed by atoms with van der Waals surface area (Å²) in [7, 11) is 1.52. The van der Waals surface area contributed by atoms with Crippen molar-refractivity contribution in [2.75, 3.05) is 0 Å². The van der Waals surface area contributed by atoms with Gasteiger partial charge < -0.3 is 10.2 Å². The highest BCUT2D eigenvalue weighted by atomic mass is 19.2. The molecule has 0 aliphatic rings. The number of aromatic nitrogens is 3. The van der Waals surface area contributed by atoms with E-state index in [4.69, 9.17) is 0 Å². The van der Waals surface area contributed by atoms with Gasteiger partial charge >= 0.3 is 0 Å². The van der Waals surface area contributed by atoms with Gasteiger partial charge in [0.15, 0.2) is 17.9 Å². The Morgan fingerprint density at radius 2 is 1.52 bits per heavy atom. The largest absolute Gasteiger partial charge is 0.364 e. The lowest BCUT2D eigenvalue weighted by Gasteiger charge is -2.15. The maximum absolute atomic E-state index is 15.2. The minimum absolute atomic E-state index is 0.0598. The molecule has 0 saturated carbocycles. The minimum Gasteiger partial charge on any atom is -0.364 e. The van der Waals surface area contributed by atoms with Gasteiger partial charge in [-0.25, -0.2) is 13.2 Å². The van der Waals surface area contributed by atoms with Gasteiger partial charge in [-0.1, -0.05) is 30.3 Å². The van der Waals surface area contributed by atoms with Crippen LogP contribution in [0, 0.1) is 24.4 Å². The van der Waals surface area contributed by atoms with Crippen molar-refractivity contribution in [3.63, 3.8) is 0 Å². The number of hydrogen-bond acceptors (Lipinski definition) is 4. The number of fused-ring (bicyclic) bond motifs is 1. The van der Waals surface area contributed by atoms with Crippen molar-refractivity contribution in [1.29, 1.82) is 0 Å². The summed E-state index contributed by atoms with van der Waals surface area (Å²) < 4.78 is 45.2. The zero-order valence-electron chi connectivity index (χ0n) is 15.5. The second kappa shape index (κ2) is 6.98. The number of rotatable bonds is 3. The molecule has 0 atom stereocenters. The Balaban J connectivity index is 2.02. The fourth-order valence-corrected chi connectivity index (χ4v) is 3.47. The third kappa shape index (κ3) is 3.06. The molecule has 2 N–H and O–H groups in total. The van der Waals surface area contributed by atoms with Crippen LogP contribution in [0.25, 0.3) is 33.3 Å². The van der Waals surface area contributed by atoms with Gasteiger partial charge in [0.05, 0.1) is 5.56 Å². The van der Waals surface area contributed by atoms with Gasteiger partial charge in [0.25, 0.3) is 0 Å². The Morgan fingerprint density at radius 1 is 0.862 bits per heavy atom. The molecule has 148 valence electrons. The standard InChI is InChI=1S/C21H16F3N3O2/c1-10-15(11-6-4-3-5-7-11)18(23)19(24)16(17(10)22)12-8-13(21(28)29)20-14(9-12)25-27(2)26-20/h3-9,21,28-29H,1-2H3. The van der Waals surface area contributed by atoms with E-state index in [1.165, 1.54) is 30.9 Å². The summed E-state index contributed by atoms with van der Waals surface area (Å²) in [4.78, 5) is 1.19. The summed E-state index contributed by atoms with van der Waals surface area (Å²) in [6.45, 7) is 1.37. The topological polar surface area (TPSA) is 71.2 Å². The van der Waals surface area contributed by atoms with E-state index in [0.717, 1.165) is 0 Å². The molecule has 4 aromatic rings. The van der Waals surface area contributed by atoms with Crippen LogP contribution in [-0.2, 0) is 7.05 Å². The van der Waals surface area contributed by atoms with E-state index < -0.39 is 29.3 Å². The van der Waals surface area contributed by atoms with Crippen LogP contribution in [0.4, 0.5) is 13.2 Å². The van der Waals surface area contributed by atoms with Gasteiger partial charge in [0.2, 0.25) is 0 Å². The highest BCUT2D eigenvalue weighted by molar-refractivity contribution is 5.86. The van der Waals surface area contributed by atoms with E-state index in [0.29, 0.717) is 5.56 Å². The molecule has 0 bridgehead atoms. The van der Waals surface area contributed by atoms with Gasteiger partial charge in [-0.2, -0.15) is 15.0 Å². The normalized spacial score (nSPS) is 11.6. The van der Waals surface area contributed by atoms with E-state index >= 15 is 8.78 Å². The first-order valence-corrected chi connectivity index (χ1v) is 8.73. The molecule has 8 heteroatoms. The summed E-state index contributed by atoms with van der Waals surface area (Å²) in [5.74, 6) is -3.49. The highest BCUT2D eigenvalue weighted by Crippen LogP contribution is 2.39. The van der Waals surface area contributed by atoms with Gasteiger partial charge in [-0.3, -0.25) is 0 Å². The quantitative estimate of drug-likeness (QED) is 0.403. The Hall–Kier alpha value is -3.23. The Kier molecular flexibility index (Phi) is 4.60. The van der Waals surface area contributed by atoms with E-state index in [1.54, 1.807) is 30.3 Å². The molecule has 0 fully saturated rings. The molecule has 0 amide bonds. The van der Waals surface area contributed by atoms with Crippen LogP contribution in [0.2, 0.25) is 0 Å². The van der Waals surface area contributed by atoms with Crippen LogP contribution in [0.5, 0.6) is 0 Å². The van der Waals surface area contributed by atoms with Gasteiger partial charge in [0, 0.05) is 18.2 Å². The summed E-state index contributed by atoms with van der Waals surface area (Å²) in [5.41, 5.74) is -0.269. The zero-order chi connectivity index (χ0) is 20.9. The average molecular weight is 399 g/mol. The number of halogens is 3. The number of benzene rings is 3. The van der Waals surface area contributed by atoms with Crippen LogP contribution in [0.15, 0.2) is 42.5 Å². The first kappa shape index (κ1) is 19.1. The molecule has 0 radical (unpaired) electrons. The van der Waals surface area contributed by atoms with Crippen LogP contribution >= 0.6 is 0 Å². The number of aryl methyl sites for hydroxylation is 1. The SMILES string of the molecule is Cc1c(F)c(-c2cc(C(O)O)c3nn(C)nc3c2)c(F)c(F)c1-c1ccccc1. The lowest BCUT2D eigenvalue weighted by atomic mass is 9.92. The van der Waals surface area contributed by atoms with Crippen LogP contribution in [0.3, 0.4) is 0 Å². The van der Waals surface area contributed by atoms with Gasteiger partial charge in [-0.05, 0) is 35.7 Å². The predicted octanol–water partition coefficient (Wildman–Crippen LogP) is 4.01. The molecule has 3 aromatic carbocycles. The maximum atomic E-state index is 15.2. The van der Waals surface area contributed by atoms with Crippen molar-refractivity contribution >= 4 is 11.0 Å². The summed E-state index contributed by atoms with van der Waals surface area (Å²) in [5, 5.41) is 27.4. The summed E-state index contributed by atoms with van der Waals surface area (Å²) in [6, 6.07) is 10.6. The molecule has 1 aromatic heterocycles. The third-order valence-electron chi connectivity index (χ3n) is 4.80. The molecule has 0 spiro atoms. The van der Waals surface area contributed by atoms with Crippen molar-refractivity contribution in [2.45, 2.75) is 13.2 Å². The Labute approximate surface area is 163 Å². The molecule has 29 heavy (non-hydrogen) atoms. The zero-order valence-corrected chi connectivity index (χ0v) is 15.5. The van der Waals surface area contributed by atoms with E-state index in [9.17, 15) is 14.6 Å². The van der Waals surface area contributed by atoms with E-state index in [2.05, 4.69) is 10.2 Å². The van der Waals surface area contributed by atoms with Crippen molar-refractivity contribution < 1.29 is 23.4 Å². The molecule has 0 saturated heterocycles. The first-order valence-electron chi connectivity index (χ1n) is 8.73. The Bertz CT molecular complexity index is 1210. The fourth-order valence-electron chi connectivity index (χ4n) is 3.47. The Morgan fingerprint density at radius 3 is 2.17 bits per heavy atom. The monoisotopic (exact) mass is 399 g/mol. The molecular formula is C21H16F3N3O2. The van der Waals surface area contributed by atoms with Crippen LogP contribution < -0.4 is 0 Å². The number of aliphatic hydroxyl groups is 2. The highest BCUT2D eigenvalue weighted by Gasteiger charge is 2.26. The minimum atomic E-state index is -1.95. The molecule has 4 rings (SSSR count). The van der Waals surface area contributed by atoms with Crippen molar-refractivity contribution in [2.24, 2.45) is 7.05 Å². The predicted molar refractivity (Wildman–Crippen MR) is 101 cm³/mol. The van der Waals surface area contributed by atoms with Gasteiger partial charge in [0.1, 0.15) is 16.9 Å². The summed E-state index contributed by atoms with van der Waals surface area (Å²) in [6.07, 6.45) is -1.95. The van der Waals surface area contributed by atoms with E-state index in [-0.39, 0.29) is 33.3 Å². The summed E-state index contributed by atoms with van der Waals surface area (Å²) >= 11 is 0. The van der Waals surface area contributed by atoms with Crippen molar-refractivity contribution in [3.8, 4) is 22.3 Å². The lowest BCUT2D eigenvalue weighted by Crippen LogP contribution is -2.04. The lowest BCUT2D eigenvalue weighted by molar-refractivity contribution is -0.0414. The van der Waals surface area contributed by atoms with Crippen LogP contribution in [0.1, 0.15) is 17.4 Å². The molecule has 0 aliphatic carbocycles. The fraction of sp³-hybridized carbons (Fsp3) is 0.143. The second-order valence-electron chi connectivity index (χ2n) is 6.68. The average Bonchev–Trinajstić information content (AvgIpc) is 3.07.